The van der Waals surface area contributed by atoms with E-state index in [2.05, 4.69) is 98.7 Å². The molecule has 0 radical (unpaired) electrons. The van der Waals surface area contributed by atoms with E-state index in [1.54, 1.807) is 4.40 Å². The van der Waals surface area contributed by atoms with Crippen LogP contribution >= 0.6 is 56.5 Å². The van der Waals surface area contributed by atoms with Crippen molar-refractivity contribution < 1.29 is 4.74 Å². The Morgan fingerprint density at radius 3 is 2.47 bits per heavy atom. The molecule has 2 heterocycles. The number of rotatable bonds is 4. The fourth-order valence-electron chi connectivity index (χ4n) is 4.05. The number of thiazole rings is 1. The average molecular weight is 686 g/mol. The Morgan fingerprint density at radius 1 is 0.912 bits per heavy atom. The van der Waals surface area contributed by atoms with Crippen LogP contribution in [0.4, 0.5) is 0 Å². The first-order valence-corrected chi connectivity index (χ1v) is 13.6. The number of aromatic nitrogens is 2. The Hall–Kier alpha value is -2.50. The zero-order valence-corrected chi connectivity index (χ0v) is 22.8. The van der Waals surface area contributed by atoms with Gasteiger partial charge in [-0.1, -0.05) is 59.9 Å². The first-order valence-electron chi connectivity index (χ1n) is 10.6. The van der Waals surface area contributed by atoms with Crippen molar-refractivity contribution in [2.24, 2.45) is 0 Å². The molecule has 0 N–H and O–H groups in total. The number of fused-ring (bicyclic) bond motifs is 4. The average Bonchev–Trinajstić information content (AvgIpc) is 3.34. The quantitative estimate of drug-likeness (QED) is 0.202. The van der Waals surface area contributed by atoms with Crippen LogP contribution in [0.5, 0.6) is 5.75 Å². The van der Waals surface area contributed by atoms with Gasteiger partial charge in [0.1, 0.15) is 12.4 Å². The molecule has 7 heteroatoms. The van der Waals surface area contributed by atoms with Gasteiger partial charge in [0, 0.05) is 0 Å². The van der Waals surface area contributed by atoms with Crippen molar-refractivity contribution in [3.63, 3.8) is 0 Å². The maximum absolute atomic E-state index is 13.1. The van der Waals surface area contributed by atoms with E-state index in [9.17, 15) is 4.79 Å². The van der Waals surface area contributed by atoms with E-state index in [0.717, 1.165) is 40.0 Å². The summed E-state index contributed by atoms with van der Waals surface area (Å²) in [6.07, 6.45) is 1.94. The van der Waals surface area contributed by atoms with Crippen molar-refractivity contribution in [1.29, 1.82) is 0 Å². The molecule has 0 aliphatic rings. The summed E-state index contributed by atoms with van der Waals surface area (Å²) in [5.74, 6) is 0.862. The number of nitrogens with zero attached hydrogens (tertiary/aromatic N) is 2. The number of imidazole rings is 1. The lowest BCUT2D eigenvalue weighted by Gasteiger charge is -2.12. The summed E-state index contributed by atoms with van der Waals surface area (Å²) in [6.45, 7) is 0.500. The highest BCUT2D eigenvalue weighted by Crippen LogP contribution is 2.30. The zero-order valence-electron chi connectivity index (χ0n) is 17.7. The molecule has 0 atom stereocenters. The maximum Gasteiger partial charge on any atom is 0.274 e. The van der Waals surface area contributed by atoms with Crippen LogP contribution in [0.1, 0.15) is 11.1 Å². The Kier molecular flexibility index (Phi) is 5.78. The molecule has 6 aromatic rings. The largest absolute Gasteiger partial charge is 0.487 e. The molecule has 0 fully saturated rings. The highest BCUT2D eigenvalue weighted by Gasteiger charge is 2.12. The van der Waals surface area contributed by atoms with Crippen LogP contribution in [-0.2, 0) is 6.61 Å². The first-order chi connectivity index (χ1) is 16.6. The smallest absolute Gasteiger partial charge is 0.274 e. The van der Waals surface area contributed by atoms with Gasteiger partial charge < -0.3 is 4.74 Å². The predicted molar refractivity (Wildman–Crippen MR) is 156 cm³/mol. The van der Waals surface area contributed by atoms with E-state index in [1.807, 2.05) is 36.4 Å². The number of benzene rings is 4. The molecule has 0 amide bonds. The Morgan fingerprint density at radius 2 is 1.65 bits per heavy atom. The topological polar surface area (TPSA) is 43.6 Å². The van der Waals surface area contributed by atoms with Crippen molar-refractivity contribution >= 4 is 89.4 Å². The third-order valence-corrected chi connectivity index (χ3v) is 8.23. The van der Waals surface area contributed by atoms with Crippen LogP contribution in [-0.4, -0.2) is 9.38 Å². The van der Waals surface area contributed by atoms with Gasteiger partial charge in [-0.3, -0.25) is 4.79 Å². The fraction of sp³-hybridized carbons (Fsp3) is 0.0370. The molecule has 4 aromatic carbocycles. The minimum absolute atomic E-state index is 0.0321. The summed E-state index contributed by atoms with van der Waals surface area (Å²) < 4.78 is 10.6. The van der Waals surface area contributed by atoms with Crippen molar-refractivity contribution in [1.82, 2.24) is 9.38 Å². The molecule has 166 valence electrons. The van der Waals surface area contributed by atoms with E-state index >= 15 is 0 Å². The number of hydrogen-bond acceptors (Lipinski definition) is 4. The summed E-state index contributed by atoms with van der Waals surface area (Å²) >= 11 is 6.02. The van der Waals surface area contributed by atoms with Gasteiger partial charge in [-0.25, -0.2) is 9.38 Å². The molecule has 4 nitrogen and oxygen atoms in total. The number of ether oxygens (including phenoxy) is 1. The lowest BCUT2D eigenvalue weighted by molar-refractivity contribution is 0.302. The van der Waals surface area contributed by atoms with Gasteiger partial charge >= 0.3 is 0 Å². The Balaban J connectivity index is 1.31. The van der Waals surface area contributed by atoms with Crippen LogP contribution in [0.2, 0.25) is 0 Å². The fourth-order valence-corrected chi connectivity index (χ4v) is 7.16. The van der Waals surface area contributed by atoms with Gasteiger partial charge in [0.05, 0.1) is 22.7 Å². The standard InChI is InChI=1S/C27H16I2N2O2S/c28-20-12-17(14-24-26(32)31-23-8-4-3-7-22(23)30-27(31)34-24)13-21(29)25(20)33-15-16-9-10-18-5-1-2-6-19(18)11-16/h1-14H,15H2/b24-14-. The molecule has 0 unspecified atom stereocenters. The summed E-state index contributed by atoms with van der Waals surface area (Å²) in [7, 11) is 0. The number of halogens is 2. The SMILES string of the molecule is O=c1/c(=C/c2cc(I)c(OCc3ccc4ccccc4c3)c(I)c2)sc2nc3ccccc3n12. The third kappa shape index (κ3) is 3.99. The summed E-state index contributed by atoms with van der Waals surface area (Å²) in [5.41, 5.74) is 3.76. The second kappa shape index (κ2) is 8.94. The van der Waals surface area contributed by atoms with Crippen LogP contribution in [0.15, 0.2) is 83.7 Å². The highest BCUT2D eigenvalue weighted by molar-refractivity contribution is 14.1. The van der Waals surface area contributed by atoms with Crippen LogP contribution < -0.4 is 14.8 Å². The highest BCUT2D eigenvalue weighted by atomic mass is 127. The van der Waals surface area contributed by atoms with Crippen LogP contribution in [0.3, 0.4) is 0 Å². The molecular formula is C27H16I2N2O2S. The predicted octanol–water partition coefficient (Wildman–Crippen LogP) is 6.40. The van der Waals surface area contributed by atoms with E-state index in [1.165, 1.54) is 22.1 Å². The monoisotopic (exact) mass is 686 g/mol. The molecule has 6 rings (SSSR count). The minimum atomic E-state index is -0.0321. The lowest BCUT2D eigenvalue weighted by Crippen LogP contribution is -2.22. The molecule has 0 bridgehead atoms. The number of para-hydroxylation sites is 2. The molecule has 0 spiro atoms. The van der Waals surface area contributed by atoms with Crippen LogP contribution in [0, 0.1) is 7.14 Å². The van der Waals surface area contributed by atoms with Crippen molar-refractivity contribution in [2.45, 2.75) is 6.61 Å². The number of hydrogen-bond donors (Lipinski definition) is 0. The molecule has 0 saturated carbocycles. The molecule has 2 aromatic heterocycles. The molecule has 0 aliphatic carbocycles. The minimum Gasteiger partial charge on any atom is -0.487 e. The second-order valence-corrected chi connectivity index (χ2v) is 11.3. The maximum atomic E-state index is 13.1. The van der Waals surface area contributed by atoms with Gasteiger partial charge in [0.2, 0.25) is 0 Å². The third-order valence-electron chi connectivity index (χ3n) is 5.66. The Labute approximate surface area is 226 Å². The first kappa shape index (κ1) is 22.0. The van der Waals surface area contributed by atoms with E-state index in [4.69, 9.17) is 4.74 Å². The van der Waals surface area contributed by atoms with E-state index in [-0.39, 0.29) is 5.56 Å². The molecule has 0 aliphatic heterocycles. The normalized spacial score (nSPS) is 12.2. The van der Waals surface area contributed by atoms with Gasteiger partial charge in [-0.2, -0.15) is 0 Å². The van der Waals surface area contributed by atoms with E-state index < -0.39 is 0 Å². The second-order valence-electron chi connectivity index (χ2n) is 7.92. The molecule has 0 saturated heterocycles. The van der Waals surface area contributed by atoms with Crippen LogP contribution in [0.25, 0.3) is 32.8 Å². The molecule has 34 heavy (non-hydrogen) atoms. The van der Waals surface area contributed by atoms with Crippen molar-refractivity contribution in [2.75, 3.05) is 0 Å². The van der Waals surface area contributed by atoms with Crippen molar-refractivity contribution in [3.8, 4) is 5.75 Å². The van der Waals surface area contributed by atoms with Gasteiger partial charge in [-0.05, 0) is 103 Å². The molecular weight excluding hydrogens is 670 g/mol. The lowest BCUT2D eigenvalue weighted by atomic mass is 10.1. The Bertz CT molecular complexity index is 1800. The summed E-state index contributed by atoms with van der Waals surface area (Å²) in [5, 5.41) is 2.43. The zero-order chi connectivity index (χ0) is 23.2. The van der Waals surface area contributed by atoms with Gasteiger partial charge in [0.15, 0.2) is 4.96 Å². The summed E-state index contributed by atoms with van der Waals surface area (Å²) in [6, 6.07) is 26.6. The van der Waals surface area contributed by atoms with E-state index in [0.29, 0.717) is 11.1 Å². The van der Waals surface area contributed by atoms with Gasteiger partial charge in [0.25, 0.3) is 5.56 Å². The summed E-state index contributed by atoms with van der Waals surface area (Å²) in [4.78, 5) is 18.4. The van der Waals surface area contributed by atoms with Crippen molar-refractivity contribution in [3.05, 3.63) is 112 Å². The van der Waals surface area contributed by atoms with Gasteiger partial charge in [-0.15, -0.1) is 0 Å².